The van der Waals surface area contributed by atoms with Crippen molar-refractivity contribution in [1.82, 2.24) is 10.2 Å². The van der Waals surface area contributed by atoms with E-state index < -0.39 is 5.92 Å². The fraction of sp³-hybridized carbons (Fsp3) is 1.00. The SMILES string of the molecule is CCNCC(F)(F)CN1CC(OC)C1. The Hall–Kier alpha value is -0.260. The van der Waals surface area contributed by atoms with Gasteiger partial charge in [0.15, 0.2) is 0 Å². The molecule has 0 amide bonds. The summed E-state index contributed by atoms with van der Waals surface area (Å²) >= 11 is 0. The fourth-order valence-electron chi connectivity index (χ4n) is 1.49. The highest BCUT2D eigenvalue weighted by molar-refractivity contribution is 4.85. The second kappa shape index (κ2) is 5.00. The lowest BCUT2D eigenvalue weighted by atomic mass is 10.1. The first-order chi connectivity index (χ1) is 6.57. The van der Waals surface area contributed by atoms with Gasteiger partial charge in [-0.3, -0.25) is 4.90 Å². The van der Waals surface area contributed by atoms with Gasteiger partial charge in [0.25, 0.3) is 5.92 Å². The predicted molar refractivity (Wildman–Crippen MR) is 50.7 cm³/mol. The first-order valence-electron chi connectivity index (χ1n) is 4.91. The summed E-state index contributed by atoms with van der Waals surface area (Å²) in [5.74, 6) is -2.63. The van der Waals surface area contributed by atoms with Crippen molar-refractivity contribution >= 4 is 0 Å². The number of nitrogens with zero attached hydrogens (tertiary/aromatic N) is 1. The molecule has 0 aliphatic carbocycles. The summed E-state index contributed by atoms with van der Waals surface area (Å²) < 4.78 is 31.3. The molecule has 1 aliphatic rings. The first kappa shape index (κ1) is 11.8. The number of hydrogen-bond acceptors (Lipinski definition) is 3. The van der Waals surface area contributed by atoms with Gasteiger partial charge >= 0.3 is 0 Å². The molecule has 1 aliphatic heterocycles. The zero-order valence-electron chi connectivity index (χ0n) is 8.72. The topological polar surface area (TPSA) is 24.5 Å². The van der Waals surface area contributed by atoms with Crippen LogP contribution in [0.15, 0.2) is 0 Å². The summed E-state index contributed by atoms with van der Waals surface area (Å²) in [6.45, 7) is 3.24. The van der Waals surface area contributed by atoms with E-state index in [4.69, 9.17) is 4.74 Å². The van der Waals surface area contributed by atoms with Crippen molar-refractivity contribution in [3.63, 3.8) is 0 Å². The minimum Gasteiger partial charge on any atom is -0.379 e. The van der Waals surface area contributed by atoms with Crippen molar-refractivity contribution in [3.05, 3.63) is 0 Å². The van der Waals surface area contributed by atoms with Gasteiger partial charge in [0.05, 0.1) is 19.2 Å². The number of halogens is 2. The third-order valence-corrected chi connectivity index (χ3v) is 2.35. The van der Waals surface area contributed by atoms with Crippen molar-refractivity contribution in [2.24, 2.45) is 0 Å². The number of alkyl halides is 2. The molecule has 0 bridgehead atoms. The summed E-state index contributed by atoms with van der Waals surface area (Å²) in [7, 11) is 1.61. The van der Waals surface area contributed by atoms with Crippen LogP contribution in [0.4, 0.5) is 8.78 Å². The molecule has 0 saturated carbocycles. The van der Waals surface area contributed by atoms with E-state index in [2.05, 4.69) is 5.32 Å². The van der Waals surface area contributed by atoms with Gasteiger partial charge in [-0.1, -0.05) is 6.92 Å². The Morgan fingerprint density at radius 1 is 1.50 bits per heavy atom. The van der Waals surface area contributed by atoms with E-state index in [0.29, 0.717) is 19.6 Å². The molecule has 0 radical (unpaired) electrons. The van der Waals surface area contributed by atoms with Crippen LogP contribution in [-0.4, -0.2) is 56.8 Å². The molecule has 1 saturated heterocycles. The summed E-state index contributed by atoms with van der Waals surface area (Å²) in [5, 5.41) is 2.66. The van der Waals surface area contributed by atoms with Crippen molar-refractivity contribution in [3.8, 4) is 0 Å². The molecule has 0 aromatic rings. The molecule has 0 spiro atoms. The Labute approximate surface area is 83.4 Å². The van der Waals surface area contributed by atoms with Crippen LogP contribution in [0.25, 0.3) is 0 Å². The van der Waals surface area contributed by atoms with E-state index in [1.54, 1.807) is 12.0 Å². The number of methoxy groups -OCH3 is 1. The van der Waals surface area contributed by atoms with E-state index in [1.807, 2.05) is 6.92 Å². The average Bonchev–Trinajstić information content (AvgIpc) is 2.07. The molecule has 1 rings (SSSR count). The van der Waals surface area contributed by atoms with Crippen LogP contribution in [0.5, 0.6) is 0 Å². The molecule has 3 nitrogen and oxygen atoms in total. The van der Waals surface area contributed by atoms with E-state index >= 15 is 0 Å². The third kappa shape index (κ3) is 3.48. The van der Waals surface area contributed by atoms with Gasteiger partial charge in [-0.2, -0.15) is 0 Å². The normalized spacial score (nSPS) is 19.7. The van der Waals surface area contributed by atoms with Crippen LogP contribution in [0.3, 0.4) is 0 Å². The molecule has 1 N–H and O–H groups in total. The lowest BCUT2D eigenvalue weighted by molar-refractivity contribution is -0.0905. The Bertz CT molecular complexity index is 172. The van der Waals surface area contributed by atoms with Crippen LogP contribution in [0.1, 0.15) is 6.92 Å². The Kier molecular flexibility index (Phi) is 4.22. The molecule has 84 valence electrons. The van der Waals surface area contributed by atoms with Gasteiger partial charge in [0, 0.05) is 20.2 Å². The molecule has 0 aromatic heterocycles. The number of nitrogens with one attached hydrogen (secondary N) is 1. The summed E-state index contributed by atoms with van der Waals surface area (Å²) in [4.78, 5) is 1.71. The van der Waals surface area contributed by atoms with E-state index in [0.717, 1.165) is 0 Å². The molecule has 5 heteroatoms. The predicted octanol–water partition coefficient (Wildman–Crippen LogP) is 0.562. The van der Waals surface area contributed by atoms with E-state index in [1.165, 1.54) is 0 Å². The Morgan fingerprint density at radius 3 is 2.64 bits per heavy atom. The fourth-order valence-corrected chi connectivity index (χ4v) is 1.49. The average molecular weight is 208 g/mol. The van der Waals surface area contributed by atoms with Crippen molar-refractivity contribution in [2.75, 3.05) is 39.8 Å². The molecular weight excluding hydrogens is 190 g/mol. The maximum atomic E-state index is 13.2. The van der Waals surface area contributed by atoms with E-state index in [-0.39, 0.29) is 19.2 Å². The summed E-state index contributed by atoms with van der Waals surface area (Å²) in [6.07, 6.45) is 0.143. The zero-order chi connectivity index (χ0) is 10.6. The smallest absolute Gasteiger partial charge is 0.272 e. The maximum absolute atomic E-state index is 13.2. The number of hydrogen-bond donors (Lipinski definition) is 1. The monoisotopic (exact) mass is 208 g/mol. The highest BCUT2D eigenvalue weighted by atomic mass is 19.3. The second-order valence-electron chi connectivity index (χ2n) is 3.69. The lowest BCUT2D eigenvalue weighted by Crippen LogP contribution is -2.56. The minimum absolute atomic E-state index is 0.143. The van der Waals surface area contributed by atoms with Crippen molar-refractivity contribution in [2.45, 2.75) is 19.0 Å². The van der Waals surface area contributed by atoms with Gasteiger partial charge in [-0.15, -0.1) is 0 Å². The molecule has 1 fully saturated rings. The van der Waals surface area contributed by atoms with Crippen molar-refractivity contribution in [1.29, 1.82) is 0 Å². The largest absolute Gasteiger partial charge is 0.379 e. The molecule has 0 unspecified atom stereocenters. The van der Waals surface area contributed by atoms with Crippen molar-refractivity contribution < 1.29 is 13.5 Å². The maximum Gasteiger partial charge on any atom is 0.272 e. The van der Waals surface area contributed by atoms with Crippen LogP contribution < -0.4 is 5.32 Å². The van der Waals surface area contributed by atoms with Gasteiger partial charge in [0.1, 0.15) is 0 Å². The van der Waals surface area contributed by atoms with Crippen LogP contribution in [0.2, 0.25) is 0 Å². The molecule has 1 heterocycles. The highest BCUT2D eigenvalue weighted by Crippen LogP contribution is 2.19. The third-order valence-electron chi connectivity index (χ3n) is 2.35. The van der Waals surface area contributed by atoms with Crippen LogP contribution >= 0.6 is 0 Å². The Morgan fingerprint density at radius 2 is 2.14 bits per heavy atom. The number of likely N-dealkylation sites (tertiary alicyclic amines) is 1. The first-order valence-corrected chi connectivity index (χ1v) is 4.91. The molecular formula is C9H18F2N2O. The summed E-state index contributed by atoms with van der Waals surface area (Å²) in [6, 6.07) is 0. The minimum atomic E-state index is -2.63. The number of ether oxygens (including phenoxy) is 1. The quantitative estimate of drug-likeness (QED) is 0.690. The molecule has 0 aromatic carbocycles. The molecule has 14 heavy (non-hydrogen) atoms. The van der Waals surface area contributed by atoms with Crippen LogP contribution in [0, 0.1) is 0 Å². The highest BCUT2D eigenvalue weighted by Gasteiger charge is 2.36. The van der Waals surface area contributed by atoms with Gasteiger partial charge < -0.3 is 10.1 Å². The van der Waals surface area contributed by atoms with Gasteiger partial charge in [0.2, 0.25) is 0 Å². The molecule has 0 atom stereocenters. The second-order valence-corrected chi connectivity index (χ2v) is 3.69. The Balaban J connectivity index is 2.16. The number of rotatable bonds is 6. The lowest BCUT2D eigenvalue weighted by Gasteiger charge is -2.39. The standard InChI is InChI=1S/C9H18F2N2O/c1-3-12-6-9(10,11)7-13-4-8(5-13)14-2/h8,12H,3-7H2,1-2H3. The van der Waals surface area contributed by atoms with Crippen LogP contribution in [-0.2, 0) is 4.74 Å². The van der Waals surface area contributed by atoms with E-state index in [9.17, 15) is 8.78 Å². The summed E-state index contributed by atoms with van der Waals surface area (Å²) in [5.41, 5.74) is 0. The van der Waals surface area contributed by atoms with Gasteiger partial charge in [-0.05, 0) is 6.54 Å². The van der Waals surface area contributed by atoms with Gasteiger partial charge in [-0.25, -0.2) is 8.78 Å². The zero-order valence-corrected chi connectivity index (χ0v) is 8.72.